The molecule has 7 heteroatoms. The summed E-state index contributed by atoms with van der Waals surface area (Å²) in [5, 5.41) is 5.74. The molecule has 1 aromatic carbocycles. The minimum Gasteiger partial charge on any atom is -0.492 e. The molecule has 26 heavy (non-hydrogen) atoms. The molecule has 1 fully saturated rings. The van der Waals surface area contributed by atoms with Crippen LogP contribution in [0.25, 0.3) is 0 Å². The van der Waals surface area contributed by atoms with Crippen molar-refractivity contribution in [3.8, 4) is 0 Å². The summed E-state index contributed by atoms with van der Waals surface area (Å²) in [5.41, 5.74) is 6.20. The van der Waals surface area contributed by atoms with Gasteiger partial charge in [0.2, 0.25) is 0 Å². The maximum Gasteiger partial charge on any atom is 0.261 e. The van der Waals surface area contributed by atoms with Gasteiger partial charge in [-0.25, -0.2) is 4.39 Å². The lowest BCUT2D eigenvalue weighted by Crippen LogP contribution is -2.29. The molecule has 0 aromatic heterocycles. The molecule has 0 saturated carbocycles. The van der Waals surface area contributed by atoms with Crippen molar-refractivity contribution in [1.29, 1.82) is 0 Å². The van der Waals surface area contributed by atoms with Crippen LogP contribution in [0, 0.1) is 0 Å². The molecule has 0 aliphatic carbocycles. The van der Waals surface area contributed by atoms with E-state index >= 15 is 0 Å². The number of benzene rings is 1. The van der Waals surface area contributed by atoms with Crippen LogP contribution in [0.2, 0.25) is 0 Å². The minimum atomic E-state index is -0.943. The molecule has 1 amide bonds. The number of rotatable bonds is 6. The van der Waals surface area contributed by atoms with E-state index in [1.54, 1.807) is 24.3 Å². The summed E-state index contributed by atoms with van der Waals surface area (Å²) in [5.74, 6) is -2.56. The Morgan fingerprint density at radius 3 is 2.58 bits per heavy atom. The Morgan fingerprint density at radius 2 is 2.00 bits per heavy atom. The second-order valence-corrected chi connectivity index (χ2v) is 5.65. The number of ether oxygens (including phenoxy) is 1. The van der Waals surface area contributed by atoms with Gasteiger partial charge in [0.1, 0.15) is 5.57 Å². The Labute approximate surface area is 151 Å². The summed E-state index contributed by atoms with van der Waals surface area (Å²) in [4.78, 5) is 25.3. The summed E-state index contributed by atoms with van der Waals surface area (Å²) >= 11 is 0. The van der Waals surface area contributed by atoms with Gasteiger partial charge in [-0.3, -0.25) is 9.59 Å². The van der Waals surface area contributed by atoms with Gasteiger partial charge in [0.25, 0.3) is 5.91 Å². The van der Waals surface area contributed by atoms with Crippen LogP contribution in [0.15, 0.2) is 65.5 Å². The van der Waals surface area contributed by atoms with E-state index in [2.05, 4.69) is 10.6 Å². The molecule has 6 nitrogen and oxygen atoms in total. The summed E-state index contributed by atoms with van der Waals surface area (Å²) < 4.78 is 18.9. The molecule has 2 rings (SSSR count). The van der Waals surface area contributed by atoms with Gasteiger partial charge in [-0.2, -0.15) is 0 Å². The van der Waals surface area contributed by atoms with Gasteiger partial charge < -0.3 is 21.1 Å². The monoisotopic (exact) mass is 359 g/mol. The summed E-state index contributed by atoms with van der Waals surface area (Å²) in [7, 11) is 1.24. The number of piperidine rings is 1. The number of hydrogen-bond acceptors (Lipinski definition) is 5. The quantitative estimate of drug-likeness (QED) is 0.239. The smallest absolute Gasteiger partial charge is 0.261 e. The van der Waals surface area contributed by atoms with Crippen molar-refractivity contribution in [3.63, 3.8) is 0 Å². The number of methoxy groups -OCH3 is 1. The van der Waals surface area contributed by atoms with E-state index in [-0.39, 0.29) is 11.3 Å². The van der Waals surface area contributed by atoms with Gasteiger partial charge in [0.05, 0.1) is 7.11 Å². The predicted octanol–water partition coefficient (Wildman–Crippen LogP) is 2.52. The van der Waals surface area contributed by atoms with E-state index in [0.717, 1.165) is 19.0 Å². The fourth-order valence-electron chi connectivity index (χ4n) is 2.58. The maximum absolute atomic E-state index is 14.1. The minimum absolute atomic E-state index is 0.115. The number of ketones is 1. The van der Waals surface area contributed by atoms with Crippen molar-refractivity contribution in [2.45, 2.75) is 19.3 Å². The van der Waals surface area contributed by atoms with Crippen LogP contribution in [0.4, 0.5) is 10.1 Å². The van der Waals surface area contributed by atoms with Gasteiger partial charge in [-0.1, -0.05) is 18.2 Å². The fourth-order valence-corrected chi connectivity index (χ4v) is 2.58. The van der Waals surface area contributed by atoms with Crippen molar-refractivity contribution in [3.05, 3.63) is 65.5 Å². The largest absolute Gasteiger partial charge is 0.492 e. The third-order valence-corrected chi connectivity index (χ3v) is 3.86. The van der Waals surface area contributed by atoms with Crippen LogP contribution in [0.1, 0.15) is 19.3 Å². The number of allylic oxidation sites excluding steroid dienone is 3. The molecule has 0 radical (unpaired) electrons. The number of carbonyl (C=O) groups excluding carboxylic acids is 2. The molecule has 1 heterocycles. The number of nitrogens with one attached hydrogen (secondary N) is 2. The molecule has 1 aliphatic rings. The standard InChI is InChI=1S/C19H22FN3O3/c1-26-17(12-21)14(20)11-16(24)18(15-9-5-6-10-22-15)19(25)23-13-7-3-2-4-8-13/h2-4,7-8,11-12,22H,5-6,9-10,21H2,1H3,(H,23,25)/b14-11+,17-12+,18-15-. The number of anilines is 1. The number of para-hydroxylation sites is 1. The van der Waals surface area contributed by atoms with Gasteiger partial charge in [-0.15, -0.1) is 0 Å². The first-order valence-electron chi connectivity index (χ1n) is 8.28. The van der Waals surface area contributed by atoms with E-state index < -0.39 is 17.5 Å². The van der Waals surface area contributed by atoms with Crippen molar-refractivity contribution in [2.75, 3.05) is 19.0 Å². The van der Waals surface area contributed by atoms with Gasteiger partial charge in [0, 0.05) is 30.2 Å². The molecular formula is C19H22FN3O3. The number of carbonyl (C=O) groups is 2. The van der Waals surface area contributed by atoms with Gasteiger partial charge >= 0.3 is 0 Å². The van der Waals surface area contributed by atoms with Gasteiger partial charge in [-0.05, 0) is 31.4 Å². The van der Waals surface area contributed by atoms with Crippen molar-refractivity contribution in [1.82, 2.24) is 5.32 Å². The third kappa shape index (κ3) is 4.95. The number of nitrogens with two attached hydrogens (primary N) is 1. The number of amides is 1. The summed E-state index contributed by atoms with van der Waals surface area (Å²) in [6.07, 6.45) is 3.96. The molecule has 1 aliphatic heterocycles. The normalized spacial score (nSPS) is 17.2. The zero-order chi connectivity index (χ0) is 18.9. The first-order chi connectivity index (χ1) is 12.6. The van der Waals surface area contributed by atoms with Crippen LogP contribution in [-0.2, 0) is 14.3 Å². The zero-order valence-electron chi connectivity index (χ0n) is 14.5. The molecule has 1 aromatic rings. The highest BCUT2D eigenvalue weighted by Crippen LogP contribution is 2.20. The highest BCUT2D eigenvalue weighted by Gasteiger charge is 2.24. The topological polar surface area (TPSA) is 93.5 Å². The zero-order valence-corrected chi connectivity index (χ0v) is 14.5. The molecule has 1 saturated heterocycles. The Balaban J connectivity index is 2.34. The van der Waals surface area contributed by atoms with E-state index in [1.807, 2.05) is 6.07 Å². The molecular weight excluding hydrogens is 337 g/mol. The third-order valence-electron chi connectivity index (χ3n) is 3.86. The van der Waals surface area contributed by atoms with Gasteiger partial charge in [0.15, 0.2) is 17.4 Å². The first-order valence-corrected chi connectivity index (χ1v) is 8.28. The second kappa shape index (κ2) is 9.41. The molecule has 0 bridgehead atoms. The van der Waals surface area contributed by atoms with Crippen LogP contribution < -0.4 is 16.4 Å². The Hall–Kier alpha value is -3.09. The maximum atomic E-state index is 14.1. The Kier molecular flexibility index (Phi) is 6.96. The molecule has 0 spiro atoms. The molecule has 138 valence electrons. The lowest BCUT2D eigenvalue weighted by atomic mass is 10.00. The van der Waals surface area contributed by atoms with Crippen LogP contribution in [0.5, 0.6) is 0 Å². The fraction of sp³-hybridized carbons (Fsp3) is 0.263. The Bertz CT molecular complexity index is 747. The molecule has 0 unspecified atom stereocenters. The van der Waals surface area contributed by atoms with Crippen molar-refractivity contribution < 1.29 is 18.7 Å². The van der Waals surface area contributed by atoms with Crippen molar-refractivity contribution in [2.24, 2.45) is 5.73 Å². The summed E-state index contributed by atoms with van der Waals surface area (Å²) in [6.45, 7) is 0.656. The van der Waals surface area contributed by atoms with Crippen molar-refractivity contribution >= 4 is 17.4 Å². The SMILES string of the molecule is COC(=C/N)/C(F)=C\C(=O)/C(C(=O)Nc1ccccc1)=C1\CCCCN1. The summed E-state index contributed by atoms with van der Waals surface area (Å²) in [6, 6.07) is 8.75. The molecule has 0 atom stereocenters. The lowest BCUT2D eigenvalue weighted by molar-refractivity contribution is -0.117. The second-order valence-electron chi connectivity index (χ2n) is 5.65. The highest BCUT2D eigenvalue weighted by atomic mass is 19.1. The lowest BCUT2D eigenvalue weighted by Gasteiger charge is -2.20. The van der Waals surface area contributed by atoms with E-state index in [4.69, 9.17) is 10.5 Å². The van der Waals surface area contributed by atoms with E-state index in [0.29, 0.717) is 30.4 Å². The number of halogens is 1. The first kappa shape index (κ1) is 19.2. The number of hydrogen-bond donors (Lipinski definition) is 3. The average molecular weight is 359 g/mol. The highest BCUT2D eigenvalue weighted by molar-refractivity contribution is 6.27. The van der Waals surface area contributed by atoms with Crippen LogP contribution >= 0.6 is 0 Å². The van der Waals surface area contributed by atoms with Crippen LogP contribution in [0.3, 0.4) is 0 Å². The Morgan fingerprint density at radius 1 is 1.27 bits per heavy atom. The molecule has 4 N–H and O–H groups in total. The van der Waals surface area contributed by atoms with E-state index in [1.165, 1.54) is 7.11 Å². The predicted molar refractivity (Wildman–Crippen MR) is 97.4 cm³/mol. The van der Waals surface area contributed by atoms with E-state index in [9.17, 15) is 14.0 Å². The average Bonchev–Trinajstić information content (AvgIpc) is 2.64. The van der Waals surface area contributed by atoms with Crippen LogP contribution in [-0.4, -0.2) is 25.3 Å².